The van der Waals surface area contributed by atoms with Crippen LogP contribution in [0.3, 0.4) is 0 Å². The van der Waals surface area contributed by atoms with E-state index in [1.54, 1.807) is 12.1 Å². The zero-order valence-corrected chi connectivity index (χ0v) is 20.7. The van der Waals surface area contributed by atoms with Crippen molar-refractivity contribution < 1.29 is 14.6 Å². The Hall–Kier alpha value is -2.26. The topological polar surface area (TPSA) is 96.4 Å². The molecule has 3 aliphatic rings. The number of alkyl halides is 1. The maximum Gasteiger partial charge on any atom is 0.125 e. The number of H-pyrrole nitrogens is 1. The lowest BCUT2D eigenvalue weighted by Crippen LogP contribution is -2.45. The lowest BCUT2D eigenvalue weighted by atomic mass is 9.71. The van der Waals surface area contributed by atoms with Crippen molar-refractivity contribution in [1.29, 1.82) is 0 Å². The Morgan fingerprint density at radius 3 is 2.86 bits per heavy atom. The van der Waals surface area contributed by atoms with Crippen molar-refractivity contribution in [2.45, 2.75) is 63.7 Å². The number of hydrogen-bond donors (Lipinski definition) is 5. The molecule has 1 aromatic heterocycles. The third-order valence-electron chi connectivity index (χ3n) is 8.15. The Kier molecular flexibility index (Phi) is 7.25. The molecule has 8 heteroatoms. The summed E-state index contributed by atoms with van der Waals surface area (Å²) in [5, 5.41) is 19.2. The highest BCUT2D eigenvalue weighted by Crippen LogP contribution is 2.45. The molecular formula is C27H38FN5O2. The van der Waals surface area contributed by atoms with E-state index in [1.807, 2.05) is 19.2 Å². The van der Waals surface area contributed by atoms with Crippen molar-refractivity contribution in [2.75, 3.05) is 26.2 Å². The van der Waals surface area contributed by atoms with E-state index in [4.69, 9.17) is 0 Å². The summed E-state index contributed by atoms with van der Waals surface area (Å²) in [6.07, 6.45) is 6.55. The minimum Gasteiger partial charge on any atom is -0.508 e. The lowest BCUT2D eigenvalue weighted by Gasteiger charge is -2.36. The van der Waals surface area contributed by atoms with Crippen LogP contribution in [0, 0.1) is 11.8 Å². The average molecular weight is 484 g/mol. The SMILES string of the molecule is CCc1cc(O)ccc1C1CCC2C(c3ncc(C4=CCN(C[C@H](C)CO)CC4)[nH]3)NNC2C1F. The molecule has 1 saturated carbocycles. The fourth-order valence-corrected chi connectivity index (χ4v) is 6.19. The smallest absolute Gasteiger partial charge is 0.125 e. The highest BCUT2D eigenvalue weighted by molar-refractivity contribution is 5.63. The van der Waals surface area contributed by atoms with Gasteiger partial charge in [0.1, 0.15) is 17.7 Å². The molecule has 2 fully saturated rings. The third-order valence-corrected chi connectivity index (χ3v) is 8.15. The van der Waals surface area contributed by atoms with Crippen molar-refractivity contribution in [1.82, 2.24) is 25.7 Å². The predicted octanol–water partition coefficient (Wildman–Crippen LogP) is 3.44. The number of imidazole rings is 1. The number of hydrogen-bond acceptors (Lipinski definition) is 6. The number of halogens is 1. The number of nitrogens with one attached hydrogen (secondary N) is 3. The molecule has 2 aliphatic heterocycles. The van der Waals surface area contributed by atoms with Crippen LogP contribution in [0.2, 0.25) is 0 Å². The summed E-state index contributed by atoms with van der Waals surface area (Å²) in [4.78, 5) is 10.6. The quantitative estimate of drug-likeness (QED) is 0.414. The number of aliphatic hydroxyl groups excluding tert-OH is 1. The highest BCUT2D eigenvalue weighted by atomic mass is 19.1. The Labute approximate surface area is 206 Å². The summed E-state index contributed by atoms with van der Waals surface area (Å²) in [5.41, 5.74) is 10.9. The Bertz CT molecular complexity index is 1060. The van der Waals surface area contributed by atoms with Gasteiger partial charge in [-0.3, -0.25) is 10.3 Å². The number of phenols is 1. The second kappa shape index (κ2) is 10.4. The Morgan fingerprint density at radius 2 is 2.11 bits per heavy atom. The minimum absolute atomic E-state index is 0.0514. The molecular weight excluding hydrogens is 445 g/mol. The third kappa shape index (κ3) is 4.89. The maximum absolute atomic E-state index is 15.8. The molecule has 2 aromatic rings. The standard InChI is InChI=1S/C27H38FN5O2/c1-3-17-12-19(35)4-5-20(17)21-6-7-22-25(24(21)28)31-32-26(22)27-29-13-23(30-27)18-8-10-33(11-9-18)14-16(2)15-34/h4-5,8,12-13,16,21-22,24-26,31-32,34-35H,3,6-7,9-11,14-15H2,1-2H3,(H,29,30)/t16-,21?,22?,24?,25?,26?/m0/s1. The number of hydrazine groups is 1. The monoisotopic (exact) mass is 483 g/mol. The molecule has 190 valence electrons. The first kappa shape index (κ1) is 24.4. The second-order valence-corrected chi connectivity index (χ2v) is 10.5. The lowest BCUT2D eigenvalue weighted by molar-refractivity contribution is 0.135. The van der Waals surface area contributed by atoms with Gasteiger partial charge in [0.25, 0.3) is 0 Å². The normalized spacial score (nSPS) is 30.2. The molecule has 5 N–H and O–H groups in total. The van der Waals surface area contributed by atoms with E-state index in [1.165, 1.54) is 5.57 Å². The van der Waals surface area contributed by atoms with E-state index in [0.29, 0.717) is 0 Å². The second-order valence-electron chi connectivity index (χ2n) is 10.5. The molecule has 7 nitrogen and oxygen atoms in total. The number of phenolic OH excluding ortho intramolecular Hbond substituents is 1. The van der Waals surface area contributed by atoms with E-state index in [9.17, 15) is 10.2 Å². The van der Waals surface area contributed by atoms with Gasteiger partial charge < -0.3 is 15.2 Å². The van der Waals surface area contributed by atoms with E-state index < -0.39 is 6.17 Å². The molecule has 35 heavy (non-hydrogen) atoms. The molecule has 0 amide bonds. The molecule has 0 bridgehead atoms. The molecule has 0 spiro atoms. The molecule has 1 saturated heterocycles. The number of nitrogens with zero attached hydrogens (tertiary/aromatic N) is 2. The van der Waals surface area contributed by atoms with Gasteiger partial charge in [-0.2, -0.15) is 0 Å². The predicted molar refractivity (Wildman–Crippen MR) is 135 cm³/mol. The van der Waals surface area contributed by atoms with Crippen LogP contribution in [0.5, 0.6) is 5.75 Å². The van der Waals surface area contributed by atoms with Crippen molar-refractivity contribution in [3.63, 3.8) is 0 Å². The summed E-state index contributed by atoms with van der Waals surface area (Å²) in [6, 6.07) is 5.01. The summed E-state index contributed by atoms with van der Waals surface area (Å²) in [7, 11) is 0. The molecule has 1 aliphatic carbocycles. The van der Waals surface area contributed by atoms with Crippen LogP contribution >= 0.6 is 0 Å². The van der Waals surface area contributed by atoms with Crippen LogP contribution < -0.4 is 10.9 Å². The zero-order valence-electron chi connectivity index (χ0n) is 20.7. The van der Waals surface area contributed by atoms with E-state index in [2.05, 4.69) is 38.7 Å². The average Bonchev–Trinajstić information content (AvgIpc) is 3.52. The highest BCUT2D eigenvalue weighted by Gasteiger charge is 2.48. The van der Waals surface area contributed by atoms with Gasteiger partial charge in [0.2, 0.25) is 0 Å². The number of aliphatic hydroxyl groups is 1. The van der Waals surface area contributed by atoms with Gasteiger partial charge in [-0.25, -0.2) is 14.8 Å². The molecule has 1 aromatic carbocycles. The fraction of sp³-hybridized carbons (Fsp3) is 0.593. The van der Waals surface area contributed by atoms with Crippen molar-refractivity contribution >= 4 is 5.57 Å². The van der Waals surface area contributed by atoms with Crippen molar-refractivity contribution in [3.05, 3.63) is 53.1 Å². The first-order chi connectivity index (χ1) is 17.0. The van der Waals surface area contributed by atoms with Gasteiger partial charge in [0.05, 0.1) is 24.0 Å². The molecule has 5 rings (SSSR count). The van der Waals surface area contributed by atoms with Gasteiger partial charge in [-0.15, -0.1) is 0 Å². The molecule has 6 atom stereocenters. The summed E-state index contributed by atoms with van der Waals surface area (Å²) < 4.78 is 15.8. The maximum atomic E-state index is 15.8. The Morgan fingerprint density at radius 1 is 1.26 bits per heavy atom. The van der Waals surface area contributed by atoms with Gasteiger partial charge in [0, 0.05) is 38.1 Å². The summed E-state index contributed by atoms with van der Waals surface area (Å²) in [5.74, 6) is 1.34. The first-order valence-electron chi connectivity index (χ1n) is 13.0. The van der Waals surface area contributed by atoms with Crippen LogP contribution in [0.25, 0.3) is 5.57 Å². The number of benzene rings is 1. The van der Waals surface area contributed by atoms with Crippen LogP contribution in [-0.2, 0) is 6.42 Å². The van der Waals surface area contributed by atoms with Crippen LogP contribution in [-0.4, -0.2) is 63.5 Å². The van der Waals surface area contributed by atoms with E-state index in [0.717, 1.165) is 68.0 Å². The number of aromatic hydroxyl groups is 1. The van der Waals surface area contributed by atoms with Crippen LogP contribution in [0.4, 0.5) is 4.39 Å². The minimum atomic E-state index is -1.01. The van der Waals surface area contributed by atoms with E-state index in [-0.39, 0.29) is 42.2 Å². The van der Waals surface area contributed by atoms with Gasteiger partial charge >= 0.3 is 0 Å². The van der Waals surface area contributed by atoms with Gasteiger partial charge in [-0.1, -0.05) is 26.0 Å². The Balaban J connectivity index is 1.26. The summed E-state index contributed by atoms with van der Waals surface area (Å²) in [6.45, 7) is 7.09. The van der Waals surface area contributed by atoms with E-state index >= 15 is 4.39 Å². The fourth-order valence-electron chi connectivity index (χ4n) is 6.19. The summed E-state index contributed by atoms with van der Waals surface area (Å²) >= 11 is 0. The van der Waals surface area contributed by atoms with Crippen LogP contribution in [0.1, 0.15) is 67.7 Å². The number of aromatic nitrogens is 2. The van der Waals surface area contributed by atoms with Crippen molar-refractivity contribution in [3.8, 4) is 5.75 Å². The first-order valence-corrected chi connectivity index (χ1v) is 13.0. The number of rotatable bonds is 7. The number of fused-ring (bicyclic) bond motifs is 1. The van der Waals surface area contributed by atoms with Gasteiger partial charge in [0.15, 0.2) is 0 Å². The van der Waals surface area contributed by atoms with Crippen LogP contribution in [0.15, 0.2) is 30.5 Å². The number of aromatic amines is 1. The zero-order chi connectivity index (χ0) is 24.5. The molecule has 3 heterocycles. The number of aryl methyl sites for hydroxylation is 1. The molecule has 5 unspecified atom stereocenters. The van der Waals surface area contributed by atoms with Gasteiger partial charge in [-0.05, 0) is 60.4 Å². The van der Waals surface area contributed by atoms with Crippen molar-refractivity contribution in [2.24, 2.45) is 11.8 Å². The largest absolute Gasteiger partial charge is 0.508 e. The molecule has 0 radical (unpaired) electrons.